The minimum atomic E-state index is -0.281. The van der Waals surface area contributed by atoms with E-state index in [2.05, 4.69) is 5.32 Å². The van der Waals surface area contributed by atoms with Crippen LogP contribution in [0.15, 0.2) is 0 Å². The van der Waals surface area contributed by atoms with Crippen LogP contribution in [-0.2, 0) is 9.53 Å². The fourth-order valence-electron chi connectivity index (χ4n) is 1.63. The molecule has 82 valence electrons. The van der Waals surface area contributed by atoms with Crippen molar-refractivity contribution < 1.29 is 9.53 Å². The summed E-state index contributed by atoms with van der Waals surface area (Å²) in [5.41, 5.74) is 5.13. The predicted molar refractivity (Wildman–Crippen MR) is 54.7 cm³/mol. The second kappa shape index (κ2) is 5.32. The highest BCUT2D eigenvalue weighted by molar-refractivity contribution is 5.76. The number of hydrogen-bond donors (Lipinski definition) is 2. The van der Waals surface area contributed by atoms with E-state index < -0.39 is 0 Å². The Kier molecular flexibility index (Phi) is 4.35. The third-order valence-corrected chi connectivity index (χ3v) is 2.75. The number of carbonyl (C=O) groups excluding carboxylic acids is 1. The normalized spacial score (nSPS) is 28.1. The van der Waals surface area contributed by atoms with Crippen LogP contribution in [0.2, 0.25) is 0 Å². The van der Waals surface area contributed by atoms with Gasteiger partial charge in [-0.2, -0.15) is 0 Å². The number of nitrogens with one attached hydrogen (secondary N) is 1. The van der Waals surface area contributed by atoms with Gasteiger partial charge in [-0.3, -0.25) is 4.79 Å². The molecular formula is C10H20N2O2. The summed E-state index contributed by atoms with van der Waals surface area (Å²) in [6.45, 7) is 3.32. The zero-order valence-electron chi connectivity index (χ0n) is 8.95. The number of carbonyl (C=O) groups is 1. The summed E-state index contributed by atoms with van der Waals surface area (Å²) in [4.78, 5) is 10.7. The fraction of sp³-hybridized carbons (Fsp3) is 0.900. The van der Waals surface area contributed by atoms with Gasteiger partial charge in [-0.15, -0.1) is 0 Å². The average Bonchev–Trinajstić information content (AvgIpc) is 2.08. The van der Waals surface area contributed by atoms with Gasteiger partial charge in [0.1, 0.15) is 0 Å². The highest BCUT2D eigenvalue weighted by Crippen LogP contribution is 2.29. The van der Waals surface area contributed by atoms with Gasteiger partial charge >= 0.3 is 0 Å². The van der Waals surface area contributed by atoms with Crippen molar-refractivity contribution in [1.29, 1.82) is 0 Å². The zero-order valence-corrected chi connectivity index (χ0v) is 8.95. The van der Waals surface area contributed by atoms with Crippen molar-refractivity contribution in [3.8, 4) is 0 Å². The Labute approximate surface area is 85.2 Å². The van der Waals surface area contributed by atoms with Crippen molar-refractivity contribution in [2.75, 3.05) is 20.2 Å². The van der Waals surface area contributed by atoms with E-state index in [0.29, 0.717) is 12.7 Å². The molecule has 0 aromatic heterocycles. The molecule has 0 aromatic carbocycles. The van der Waals surface area contributed by atoms with Crippen LogP contribution in [0.25, 0.3) is 0 Å². The number of nitrogens with two attached hydrogens (primary N) is 1. The standard InChI is InChI=1S/C10H20N2O2/c1-7(10(11)13)6-14-9-3-8(4-9)5-12-2/h7-9,12H,3-6H2,1-2H3,(H2,11,13). The Morgan fingerprint density at radius 2 is 2.29 bits per heavy atom. The molecule has 1 rings (SSSR count). The molecule has 1 atom stereocenters. The van der Waals surface area contributed by atoms with Crippen LogP contribution in [0.3, 0.4) is 0 Å². The molecule has 3 N–H and O–H groups in total. The monoisotopic (exact) mass is 200 g/mol. The second-order valence-corrected chi connectivity index (χ2v) is 4.15. The van der Waals surface area contributed by atoms with Crippen LogP contribution in [0, 0.1) is 11.8 Å². The van der Waals surface area contributed by atoms with Crippen molar-refractivity contribution in [3.05, 3.63) is 0 Å². The van der Waals surface area contributed by atoms with Crippen LogP contribution in [0.4, 0.5) is 0 Å². The molecule has 1 saturated carbocycles. The first kappa shape index (κ1) is 11.5. The van der Waals surface area contributed by atoms with E-state index in [4.69, 9.17) is 10.5 Å². The van der Waals surface area contributed by atoms with Crippen molar-refractivity contribution in [2.24, 2.45) is 17.6 Å². The van der Waals surface area contributed by atoms with E-state index in [1.54, 1.807) is 6.92 Å². The molecule has 1 unspecified atom stereocenters. The lowest BCUT2D eigenvalue weighted by Gasteiger charge is -2.35. The summed E-state index contributed by atoms with van der Waals surface area (Å²) in [7, 11) is 1.96. The fourth-order valence-corrected chi connectivity index (χ4v) is 1.63. The van der Waals surface area contributed by atoms with Crippen LogP contribution in [-0.4, -0.2) is 32.2 Å². The van der Waals surface area contributed by atoms with Crippen molar-refractivity contribution in [3.63, 3.8) is 0 Å². The molecule has 0 saturated heterocycles. The first-order valence-corrected chi connectivity index (χ1v) is 5.19. The van der Waals surface area contributed by atoms with Gasteiger partial charge in [0, 0.05) is 0 Å². The lowest BCUT2D eigenvalue weighted by atomic mass is 9.82. The molecule has 0 spiro atoms. The van der Waals surface area contributed by atoms with Crippen LogP contribution < -0.4 is 11.1 Å². The molecule has 4 heteroatoms. The van der Waals surface area contributed by atoms with Gasteiger partial charge in [0.25, 0.3) is 0 Å². The molecule has 14 heavy (non-hydrogen) atoms. The zero-order chi connectivity index (χ0) is 10.6. The Morgan fingerprint density at radius 3 is 2.79 bits per heavy atom. The number of rotatable bonds is 6. The van der Waals surface area contributed by atoms with E-state index in [-0.39, 0.29) is 11.8 Å². The molecule has 4 nitrogen and oxygen atoms in total. The second-order valence-electron chi connectivity index (χ2n) is 4.15. The van der Waals surface area contributed by atoms with Gasteiger partial charge in [-0.05, 0) is 32.4 Å². The van der Waals surface area contributed by atoms with E-state index in [9.17, 15) is 4.79 Å². The summed E-state index contributed by atoms with van der Waals surface area (Å²) in [5, 5.41) is 3.14. The molecule has 1 aliphatic rings. The van der Waals surface area contributed by atoms with Gasteiger partial charge in [0.05, 0.1) is 18.6 Å². The number of amides is 1. The van der Waals surface area contributed by atoms with Crippen molar-refractivity contribution in [1.82, 2.24) is 5.32 Å². The SMILES string of the molecule is CNCC1CC(OCC(C)C(N)=O)C1. The molecule has 0 heterocycles. The molecule has 0 bridgehead atoms. The molecule has 1 amide bonds. The summed E-state index contributed by atoms with van der Waals surface area (Å²) in [6.07, 6.45) is 2.55. The average molecular weight is 200 g/mol. The predicted octanol–water partition coefficient (Wildman–Crippen LogP) is 0.122. The molecule has 1 aliphatic carbocycles. The Hall–Kier alpha value is -0.610. The van der Waals surface area contributed by atoms with Gasteiger partial charge in [-0.25, -0.2) is 0 Å². The van der Waals surface area contributed by atoms with Gasteiger partial charge in [0.2, 0.25) is 5.91 Å². The minimum absolute atomic E-state index is 0.168. The minimum Gasteiger partial charge on any atom is -0.377 e. The maximum Gasteiger partial charge on any atom is 0.222 e. The number of hydrogen-bond acceptors (Lipinski definition) is 3. The summed E-state index contributed by atoms with van der Waals surface area (Å²) >= 11 is 0. The topological polar surface area (TPSA) is 64.3 Å². The van der Waals surface area contributed by atoms with E-state index >= 15 is 0 Å². The maximum absolute atomic E-state index is 10.7. The van der Waals surface area contributed by atoms with Crippen molar-refractivity contribution in [2.45, 2.75) is 25.9 Å². The first-order valence-electron chi connectivity index (χ1n) is 5.19. The lowest BCUT2D eigenvalue weighted by Crippen LogP contribution is -2.38. The first-order chi connectivity index (χ1) is 6.63. The van der Waals surface area contributed by atoms with E-state index in [0.717, 1.165) is 25.3 Å². The van der Waals surface area contributed by atoms with E-state index in [1.807, 2.05) is 7.05 Å². The molecule has 0 aromatic rings. The number of ether oxygens (including phenoxy) is 1. The molecule has 0 radical (unpaired) electrons. The van der Waals surface area contributed by atoms with Crippen molar-refractivity contribution >= 4 is 5.91 Å². The Bertz CT molecular complexity index is 191. The quantitative estimate of drug-likeness (QED) is 0.640. The highest BCUT2D eigenvalue weighted by atomic mass is 16.5. The molecule has 1 fully saturated rings. The Morgan fingerprint density at radius 1 is 1.64 bits per heavy atom. The van der Waals surface area contributed by atoms with Gasteiger partial charge in [0.15, 0.2) is 0 Å². The number of primary amides is 1. The third-order valence-electron chi connectivity index (χ3n) is 2.75. The van der Waals surface area contributed by atoms with Crippen LogP contribution in [0.5, 0.6) is 0 Å². The van der Waals surface area contributed by atoms with Crippen LogP contribution >= 0.6 is 0 Å². The maximum atomic E-state index is 10.7. The van der Waals surface area contributed by atoms with Gasteiger partial charge in [-0.1, -0.05) is 6.92 Å². The third kappa shape index (κ3) is 3.27. The lowest BCUT2D eigenvalue weighted by molar-refractivity contribution is -0.125. The largest absolute Gasteiger partial charge is 0.377 e. The highest BCUT2D eigenvalue weighted by Gasteiger charge is 2.29. The smallest absolute Gasteiger partial charge is 0.222 e. The summed E-state index contributed by atoms with van der Waals surface area (Å²) < 4.78 is 5.55. The van der Waals surface area contributed by atoms with Gasteiger partial charge < -0.3 is 15.8 Å². The summed E-state index contributed by atoms with van der Waals surface area (Å²) in [5.74, 6) is 0.295. The molecule has 0 aliphatic heterocycles. The Balaban J connectivity index is 2.03. The van der Waals surface area contributed by atoms with Crippen LogP contribution in [0.1, 0.15) is 19.8 Å². The molecular weight excluding hydrogens is 180 g/mol. The summed E-state index contributed by atoms with van der Waals surface area (Å²) in [6, 6.07) is 0. The van der Waals surface area contributed by atoms with E-state index in [1.165, 1.54) is 0 Å².